The van der Waals surface area contributed by atoms with E-state index in [0.717, 1.165) is 37.9 Å². The number of rotatable bonds is 17. The Hall–Kier alpha value is -1.55. The van der Waals surface area contributed by atoms with Crippen molar-refractivity contribution in [3.63, 3.8) is 0 Å². The van der Waals surface area contributed by atoms with Crippen LogP contribution in [0.15, 0.2) is 42.7 Å². The molecule has 0 bridgehead atoms. The Morgan fingerprint density at radius 2 is 1.78 bits per heavy atom. The SMILES string of the molecule is C[C@H](CCO[C@@H](C)CCOCc1ccccc1)OC1CCC(c2cnn(COCC[Si](C)(C)C)c2)OC1. The molecule has 0 radical (unpaired) electrons. The monoisotopic (exact) mass is 532 g/mol. The summed E-state index contributed by atoms with van der Waals surface area (Å²) in [6, 6.07) is 11.4. The summed E-state index contributed by atoms with van der Waals surface area (Å²) in [5.41, 5.74) is 2.32. The Morgan fingerprint density at radius 3 is 2.51 bits per heavy atom. The molecule has 0 amide bonds. The average molecular weight is 533 g/mol. The minimum Gasteiger partial charge on any atom is -0.378 e. The molecule has 3 rings (SSSR count). The van der Waals surface area contributed by atoms with E-state index in [4.69, 9.17) is 23.7 Å². The normalized spacial score (nSPS) is 20.1. The summed E-state index contributed by atoms with van der Waals surface area (Å²) in [4.78, 5) is 0. The molecule has 2 aromatic rings. The maximum Gasteiger partial charge on any atom is 0.139 e. The van der Waals surface area contributed by atoms with Crippen LogP contribution < -0.4 is 0 Å². The molecule has 4 atom stereocenters. The van der Waals surface area contributed by atoms with Crippen molar-refractivity contribution in [3.8, 4) is 0 Å². The van der Waals surface area contributed by atoms with E-state index >= 15 is 0 Å². The topological polar surface area (TPSA) is 64.0 Å². The quantitative estimate of drug-likeness (QED) is 0.178. The van der Waals surface area contributed by atoms with E-state index in [0.29, 0.717) is 33.2 Å². The van der Waals surface area contributed by atoms with E-state index < -0.39 is 8.07 Å². The van der Waals surface area contributed by atoms with Gasteiger partial charge in [-0.05, 0) is 51.1 Å². The summed E-state index contributed by atoms with van der Waals surface area (Å²) >= 11 is 0. The molecule has 0 N–H and O–H groups in total. The summed E-state index contributed by atoms with van der Waals surface area (Å²) in [7, 11) is -1.06. The lowest BCUT2D eigenvalue weighted by molar-refractivity contribution is -0.113. The molecule has 0 saturated carbocycles. The van der Waals surface area contributed by atoms with Crippen LogP contribution in [0.2, 0.25) is 25.7 Å². The highest BCUT2D eigenvalue weighted by Gasteiger charge is 2.26. The van der Waals surface area contributed by atoms with Crippen molar-refractivity contribution in [1.29, 1.82) is 0 Å². The smallest absolute Gasteiger partial charge is 0.139 e. The molecule has 2 heterocycles. The molecule has 208 valence electrons. The summed E-state index contributed by atoms with van der Waals surface area (Å²) in [6.07, 6.45) is 8.18. The van der Waals surface area contributed by atoms with Crippen LogP contribution in [0.3, 0.4) is 0 Å². The van der Waals surface area contributed by atoms with Gasteiger partial charge in [-0.3, -0.25) is 0 Å². The van der Waals surface area contributed by atoms with Gasteiger partial charge in [0, 0.05) is 39.7 Å². The van der Waals surface area contributed by atoms with Crippen LogP contribution in [0.1, 0.15) is 56.8 Å². The van der Waals surface area contributed by atoms with Gasteiger partial charge in [0.05, 0.1) is 43.8 Å². The Kier molecular flexibility index (Phi) is 12.8. The average Bonchev–Trinajstić information content (AvgIpc) is 3.34. The lowest BCUT2D eigenvalue weighted by Crippen LogP contribution is -2.31. The molecule has 2 unspecified atom stereocenters. The Balaban J connectivity index is 1.22. The lowest BCUT2D eigenvalue weighted by atomic mass is 10.0. The van der Waals surface area contributed by atoms with Crippen LogP contribution >= 0.6 is 0 Å². The maximum atomic E-state index is 6.24. The first-order valence-electron chi connectivity index (χ1n) is 13.9. The van der Waals surface area contributed by atoms with Crippen LogP contribution in [0.4, 0.5) is 0 Å². The van der Waals surface area contributed by atoms with Crippen molar-refractivity contribution in [2.45, 2.75) is 103 Å². The fraction of sp³-hybridized carbons (Fsp3) is 0.690. The van der Waals surface area contributed by atoms with Gasteiger partial charge < -0.3 is 23.7 Å². The molecule has 1 fully saturated rings. The predicted octanol–water partition coefficient (Wildman–Crippen LogP) is 6.22. The largest absolute Gasteiger partial charge is 0.378 e. The summed E-state index contributed by atoms with van der Waals surface area (Å²) < 4.78 is 31.8. The molecule has 0 aliphatic carbocycles. The molecule has 7 nitrogen and oxygen atoms in total. The van der Waals surface area contributed by atoms with Crippen LogP contribution in [0.5, 0.6) is 0 Å². The van der Waals surface area contributed by atoms with Gasteiger partial charge in [-0.2, -0.15) is 5.10 Å². The van der Waals surface area contributed by atoms with E-state index in [1.807, 2.05) is 35.3 Å². The van der Waals surface area contributed by atoms with Gasteiger partial charge in [0.25, 0.3) is 0 Å². The first-order chi connectivity index (χ1) is 17.8. The number of hydrogen-bond donors (Lipinski definition) is 0. The van der Waals surface area contributed by atoms with E-state index in [9.17, 15) is 0 Å². The third-order valence-corrected chi connectivity index (χ3v) is 8.31. The second-order valence-corrected chi connectivity index (χ2v) is 17.0. The Morgan fingerprint density at radius 1 is 1.00 bits per heavy atom. The zero-order valence-corrected chi connectivity index (χ0v) is 24.6. The number of benzene rings is 1. The van der Waals surface area contributed by atoms with E-state index in [2.05, 4.69) is 50.7 Å². The molecule has 0 spiro atoms. The molecular formula is C29H48N2O5Si. The maximum absolute atomic E-state index is 6.24. The van der Waals surface area contributed by atoms with Gasteiger partial charge in [-0.15, -0.1) is 0 Å². The Labute approximate surface area is 224 Å². The van der Waals surface area contributed by atoms with Gasteiger partial charge in [-0.1, -0.05) is 50.0 Å². The van der Waals surface area contributed by atoms with Gasteiger partial charge >= 0.3 is 0 Å². The molecule has 1 aromatic carbocycles. The van der Waals surface area contributed by atoms with Crippen molar-refractivity contribution >= 4 is 8.07 Å². The predicted molar refractivity (Wildman–Crippen MR) is 149 cm³/mol. The van der Waals surface area contributed by atoms with Crippen molar-refractivity contribution in [3.05, 3.63) is 53.9 Å². The first-order valence-corrected chi connectivity index (χ1v) is 17.6. The van der Waals surface area contributed by atoms with Gasteiger partial charge in [0.15, 0.2) is 0 Å². The fourth-order valence-electron chi connectivity index (χ4n) is 4.18. The number of aromatic nitrogens is 2. The van der Waals surface area contributed by atoms with E-state index in [-0.39, 0.29) is 24.4 Å². The van der Waals surface area contributed by atoms with Crippen LogP contribution in [0, 0.1) is 0 Å². The summed E-state index contributed by atoms with van der Waals surface area (Å²) in [6.45, 7) is 15.3. The summed E-state index contributed by atoms with van der Waals surface area (Å²) in [5, 5.41) is 4.45. The van der Waals surface area contributed by atoms with E-state index in [1.165, 1.54) is 11.6 Å². The van der Waals surface area contributed by atoms with Crippen LogP contribution in [0.25, 0.3) is 0 Å². The lowest BCUT2D eigenvalue weighted by Gasteiger charge is -2.30. The second-order valence-electron chi connectivity index (χ2n) is 11.4. The molecule has 37 heavy (non-hydrogen) atoms. The number of nitrogens with zero attached hydrogens (tertiary/aromatic N) is 2. The second kappa shape index (κ2) is 15.8. The molecule has 8 heteroatoms. The van der Waals surface area contributed by atoms with Gasteiger partial charge in [0.1, 0.15) is 6.73 Å². The van der Waals surface area contributed by atoms with Crippen molar-refractivity contribution < 1.29 is 23.7 Å². The van der Waals surface area contributed by atoms with Crippen LogP contribution in [-0.4, -0.2) is 62.6 Å². The number of ether oxygens (including phenoxy) is 5. The van der Waals surface area contributed by atoms with Gasteiger partial charge in [-0.25, -0.2) is 4.68 Å². The minimum absolute atomic E-state index is 0.0826. The van der Waals surface area contributed by atoms with E-state index in [1.54, 1.807) is 0 Å². The highest BCUT2D eigenvalue weighted by molar-refractivity contribution is 6.76. The zero-order chi connectivity index (χ0) is 26.5. The molecular weight excluding hydrogens is 484 g/mol. The first kappa shape index (κ1) is 30.0. The molecule has 1 aromatic heterocycles. The Bertz CT molecular complexity index is 865. The molecule has 1 aliphatic rings. The minimum atomic E-state index is -1.06. The van der Waals surface area contributed by atoms with Crippen molar-refractivity contribution in [2.75, 3.05) is 26.4 Å². The third-order valence-electron chi connectivity index (χ3n) is 6.61. The third kappa shape index (κ3) is 12.2. The highest BCUT2D eigenvalue weighted by atomic mass is 28.3. The zero-order valence-electron chi connectivity index (χ0n) is 23.6. The van der Waals surface area contributed by atoms with Crippen LogP contribution in [-0.2, 0) is 37.0 Å². The van der Waals surface area contributed by atoms with Gasteiger partial charge in [0.2, 0.25) is 0 Å². The van der Waals surface area contributed by atoms with Crippen molar-refractivity contribution in [1.82, 2.24) is 9.78 Å². The van der Waals surface area contributed by atoms with Crippen molar-refractivity contribution in [2.24, 2.45) is 0 Å². The molecule has 1 aliphatic heterocycles. The fourth-order valence-corrected chi connectivity index (χ4v) is 4.94. The summed E-state index contributed by atoms with van der Waals surface area (Å²) in [5.74, 6) is 0. The number of hydrogen-bond acceptors (Lipinski definition) is 6. The molecule has 1 saturated heterocycles. The highest BCUT2D eigenvalue weighted by Crippen LogP contribution is 2.29. The standard InChI is InChI=1S/C29H48N2O5Si/c1-24(13-15-32-21-26-9-7-6-8-10-26)34-16-14-25(2)36-28-11-12-29(35-22-28)27-19-30-31(20-27)23-33-17-18-37(3,4)5/h6-10,19-20,24-25,28-29H,11-18,21-23H2,1-5H3/t24-,25+,28?,29?/m0/s1.